The zero-order valence-corrected chi connectivity index (χ0v) is 12.6. The molecule has 2 aromatic rings. The van der Waals surface area contributed by atoms with Gasteiger partial charge in [-0.1, -0.05) is 18.2 Å². The molecule has 5 nitrogen and oxygen atoms in total. The minimum absolute atomic E-state index is 0.117. The second-order valence-electron chi connectivity index (χ2n) is 4.87. The smallest absolute Gasteiger partial charge is 0.310 e. The number of para-hydroxylation sites is 1. The van der Waals surface area contributed by atoms with Crippen LogP contribution in [0.3, 0.4) is 0 Å². The van der Waals surface area contributed by atoms with Gasteiger partial charge in [-0.15, -0.1) is 0 Å². The van der Waals surface area contributed by atoms with E-state index in [1.54, 1.807) is 43.4 Å². The van der Waals surface area contributed by atoms with Crippen LogP contribution in [-0.4, -0.2) is 26.0 Å². The number of carbonyl (C=O) groups excluding carboxylic acids is 2. The Bertz CT molecular complexity index is 681. The summed E-state index contributed by atoms with van der Waals surface area (Å²) in [6.45, 7) is 0. The second-order valence-corrected chi connectivity index (χ2v) is 4.87. The van der Waals surface area contributed by atoms with Gasteiger partial charge in [0.25, 0.3) is 5.91 Å². The summed E-state index contributed by atoms with van der Waals surface area (Å²) < 4.78 is 4.69. The average molecular weight is 298 g/mol. The molecule has 0 aromatic heterocycles. The van der Waals surface area contributed by atoms with Gasteiger partial charge in [0.15, 0.2) is 0 Å². The summed E-state index contributed by atoms with van der Waals surface area (Å²) in [6.07, 6.45) is 0.117. The number of nitrogens with two attached hydrogens (primary N) is 1. The van der Waals surface area contributed by atoms with Crippen LogP contribution in [0.15, 0.2) is 48.5 Å². The number of esters is 1. The minimum Gasteiger partial charge on any atom is -0.469 e. The van der Waals surface area contributed by atoms with E-state index in [9.17, 15) is 9.59 Å². The predicted molar refractivity (Wildman–Crippen MR) is 85.7 cm³/mol. The van der Waals surface area contributed by atoms with Crippen LogP contribution >= 0.6 is 0 Å². The first-order chi connectivity index (χ1) is 10.5. The molecule has 0 aliphatic carbocycles. The molecule has 5 heteroatoms. The van der Waals surface area contributed by atoms with Crippen LogP contribution in [-0.2, 0) is 16.0 Å². The quantitative estimate of drug-likeness (QED) is 0.694. The molecule has 0 saturated heterocycles. The number of rotatable bonds is 4. The molecule has 0 bridgehead atoms. The summed E-state index contributed by atoms with van der Waals surface area (Å²) in [5.74, 6) is -0.516. The molecule has 0 aliphatic heterocycles. The summed E-state index contributed by atoms with van der Waals surface area (Å²) in [5, 5.41) is 0. The van der Waals surface area contributed by atoms with Crippen molar-refractivity contribution in [1.82, 2.24) is 0 Å². The number of amides is 1. The summed E-state index contributed by atoms with van der Waals surface area (Å²) in [7, 11) is 3.02. The van der Waals surface area contributed by atoms with Crippen molar-refractivity contribution in [2.45, 2.75) is 6.42 Å². The Hall–Kier alpha value is -2.82. The molecule has 2 aromatic carbocycles. The summed E-state index contributed by atoms with van der Waals surface area (Å²) in [4.78, 5) is 25.5. The Morgan fingerprint density at radius 1 is 1.09 bits per heavy atom. The van der Waals surface area contributed by atoms with E-state index in [1.165, 1.54) is 12.0 Å². The topological polar surface area (TPSA) is 72.6 Å². The molecule has 2 N–H and O–H groups in total. The average Bonchev–Trinajstić information content (AvgIpc) is 2.54. The van der Waals surface area contributed by atoms with Gasteiger partial charge in [-0.05, 0) is 35.9 Å². The van der Waals surface area contributed by atoms with Crippen molar-refractivity contribution in [1.29, 1.82) is 0 Å². The molecule has 0 radical (unpaired) electrons. The molecule has 114 valence electrons. The molecule has 0 saturated carbocycles. The number of hydrogen-bond donors (Lipinski definition) is 1. The van der Waals surface area contributed by atoms with Crippen molar-refractivity contribution in [2.24, 2.45) is 0 Å². The van der Waals surface area contributed by atoms with Crippen LogP contribution in [0.4, 0.5) is 11.4 Å². The van der Waals surface area contributed by atoms with E-state index in [2.05, 4.69) is 0 Å². The minimum atomic E-state index is -0.346. The Kier molecular flexibility index (Phi) is 4.78. The Balaban J connectivity index is 2.28. The molecule has 0 atom stereocenters. The molecule has 0 aliphatic rings. The zero-order valence-electron chi connectivity index (χ0n) is 12.6. The molecule has 2 rings (SSSR count). The maximum absolute atomic E-state index is 12.5. The lowest BCUT2D eigenvalue weighted by atomic mass is 10.1. The van der Waals surface area contributed by atoms with Crippen LogP contribution in [0.2, 0.25) is 0 Å². The first-order valence-electron chi connectivity index (χ1n) is 6.81. The molecule has 0 fully saturated rings. The Morgan fingerprint density at radius 2 is 1.73 bits per heavy atom. The third-order valence-electron chi connectivity index (χ3n) is 3.38. The van der Waals surface area contributed by atoms with E-state index in [0.717, 1.165) is 5.56 Å². The number of ether oxygens (including phenoxy) is 1. The maximum Gasteiger partial charge on any atom is 0.310 e. The third-order valence-corrected chi connectivity index (χ3v) is 3.38. The fraction of sp³-hybridized carbons (Fsp3) is 0.176. The van der Waals surface area contributed by atoms with E-state index in [-0.39, 0.29) is 18.3 Å². The monoisotopic (exact) mass is 298 g/mol. The molecule has 0 spiro atoms. The molecule has 1 amide bonds. The van der Waals surface area contributed by atoms with Gasteiger partial charge in [0.2, 0.25) is 0 Å². The van der Waals surface area contributed by atoms with Gasteiger partial charge in [0.05, 0.1) is 13.5 Å². The lowest BCUT2D eigenvalue weighted by molar-refractivity contribution is -0.139. The van der Waals surface area contributed by atoms with Crippen LogP contribution in [0.5, 0.6) is 0 Å². The Morgan fingerprint density at radius 3 is 2.36 bits per heavy atom. The second kappa shape index (κ2) is 6.76. The van der Waals surface area contributed by atoms with Gasteiger partial charge in [0, 0.05) is 24.0 Å². The number of nitrogen functional groups attached to an aromatic ring is 1. The van der Waals surface area contributed by atoms with Crippen LogP contribution in [0.1, 0.15) is 15.9 Å². The predicted octanol–water partition coefficient (Wildman–Crippen LogP) is 2.26. The van der Waals surface area contributed by atoms with Gasteiger partial charge >= 0.3 is 5.97 Å². The highest BCUT2D eigenvalue weighted by Crippen LogP contribution is 2.22. The molecular formula is C17H18N2O3. The fourth-order valence-corrected chi connectivity index (χ4v) is 2.14. The Labute approximate surface area is 129 Å². The number of carbonyl (C=O) groups is 2. The lowest BCUT2D eigenvalue weighted by Crippen LogP contribution is -2.27. The van der Waals surface area contributed by atoms with E-state index in [0.29, 0.717) is 16.9 Å². The zero-order chi connectivity index (χ0) is 16.1. The highest BCUT2D eigenvalue weighted by atomic mass is 16.5. The van der Waals surface area contributed by atoms with Crippen molar-refractivity contribution < 1.29 is 14.3 Å². The maximum atomic E-state index is 12.5. The normalized spacial score (nSPS) is 10.1. The number of nitrogens with zero attached hydrogens (tertiary/aromatic N) is 1. The van der Waals surface area contributed by atoms with Gasteiger partial charge in [-0.2, -0.15) is 0 Å². The van der Waals surface area contributed by atoms with E-state index < -0.39 is 0 Å². The van der Waals surface area contributed by atoms with Gasteiger partial charge in [0.1, 0.15) is 0 Å². The van der Waals surface area contributed by atoms with Crippen molar-refractivity contribution >= 4 is 23.3 Å². The standard InChI is InChI=1S/C17H18N2O3/c1-19(17(21)12-7-9-14(18)10-8-12)15-6-4-3-5-13(15)11-16(20)22-2/h3-10H,11,18H2,1-2H3. The lowest BCUT2D eigenvalue weighted by Gasteiger charge is -2.20. The van der Waals surface area contributed by atoms with Gasteiger partial charge in [-0.25, -0.2) is 0 Å². The highest BCUT2D eigenvalue weighted by molar-refractivity contribution is 6.06. The van der Waals surface area contributed by atoms with Crippen molar-refractivity contribution in [3.63, 3.8) is 0 Å². The number of benzene rings is 2. The number of methoxy groups -OCH3 is 1. The van der Waals surface area contributed by atoms with Crippen molar-refractivity contribution in [3.8, 4) is 0 Å². The summed E-state index contributed by atoms with van der Waals surface area (Å²) in [6, 6.07) is 14.0. The summed E-state index contributed by atoms with van der Waals surface area (Å²) >= 11 is 0. The fourth-order valence-electron chi connectivity index (χ4n) is 2.14. The van der Waals surface area contributed by atoms with E-state index in [1.807, 2.05) is 12.1 Å². The van der Waals surface area contributed by atoms with Crippen LogP contribution in [0.25, 0.3) is 0 Å². The molecular weight excluding hydrogens is 280 g/mol. The molecule has 0 unspecified atom stereocenters. The van der Waals surface area contributed by atoms with E-state index in [4.69, 9.17) is 10.5 Å². The van der Waals surface area contributed by atoms with Crippen molar-refractivity contribution in [3.05, 3.63) is 59.7 Å². The van der Waals surface area contributed by atoms with Gasteiger partial charge in [-0.3, -0.25) is 9.59 Å². The van der Waals surface area contributed by atoms with Crippen LogP contribution < -0.4 is 10.6 Å². The first-order valence-corrected chi connectivity index (χ1v) is 6.81. The first kappa shape index (κ1) is 15.6. The SMILES string of the molecule is COC(=O)Cc1ccccc1N(C)C(=O)c1ccc(N)cc1. The van der Waals surface area contributed by atoms with Crippen LogP contribution in [0, 0.1) is 0 Å². The summed E-state index contributed by atoms with van der Waals surface area (Å²) in [5.41, 5.74) is 8.18. The highest BCUT2D eigenvalue weighted by Gasteiger charge is 2.17. The van der Waals surface area contributed by atoms with E-state index >= 15 is 0 Å². The van der Waals surface area contributed by atoms with Gasteiger partial charge < -0.3 is 15.4 Å². The van der Waals surface area contributed by atoms with Crippen molar-refractivity contribution in [2.75, 3.05) is 24.8 Å². The number of anilines is 2. The molecule has 0 heterocycles. The molecule has 22 heavy (non-hydrogen) atoms. The third kappa shape index (κ3) is 3.44. The largest absolute Gasteiger partial charge is 0.469 e. The number of hydrogen-bond acceptors (Lipinski definition) is 4.